The molecule has 0 aromatic heterocycles. The van der Waals surface area contributed by atoms with E-state index in [1.807, 2.05) is 12.1 Å². The van der Waals surface area contributed by atoms with Gasteiger partial charge >= 0.3 is 0 Å². The van der Waals surface area contributed by atoms with Crippen LogP contribution in [0.15, 0.2) is 23.2 Å². The van der Waals surface area contributed by atoms with E-state index in [-0.39, 0.29) is 0 Å². The van der Waals surface area contributed by atoms with Crippen LogP contribution in [0.1, 0.15) is 31.2 Å². The number of aliphatic imine (C=N–C) groups is 1. The van der Waals surface area contributed by atoms with E-state index < -0.39 is 5.54 Å². The van der Waals surface area contributed by atoms with Gasteiger partial charge in [-0.15, -0.1) is 0 Å². The van der Waals surface area contributed by atoms with E-state index in [1.54, 1.807) is 6.08 Å². The topological polar surface area (TPSA) is 41.9 Å². The van der Waals surface area contributed by atoms with Crippen LogP contribution in [0.5, 0.6) is 0 Å². The molecule has 1 aromatic carbocycles. The van der Waals surface area contributed by atoms with Crippen molar-refractivity contribution in [1.29, 1.82) is 0 Å². The Morgan fingerprint density at radius 3 is 2.57 bits per heavy atom. The third-order valence-corrected chi connectivity index (χ3v) is 4.83. The fraction of sp³-hybridized carbons (Fsp3) is 0.562. The Morgan fingerprint density at radius 2 is 1.95 bits per heavy atom. The summed E-state index contributed by atoms with van der Waals surface area (Å²) in [5, 5.41) is 0.724. The van der Waals surface area contributed by atoms with Gasteiger partial charge in [0, 0.05) is 13.1 Å². The maximum Gasteiger partial charge on any atom is 0.235 e. The molecule has 112 valence electrons. The molecule has 0 N–H and O–H groups in total. The van der Waals surface area contributed by atoms with Gasteiger partial charge in [0.2, 0.25) is 6.08 Å². The van der Waals surface area contributed by atoms with Gasteiger partial charge < -0.3 is 9.64 Å². The average molecular weight is 307 g/mol. The zero-order valence-corrected chi connectivity index (χ0v) is 12.7. The number of morpholine rings is 1. The van der Waals surface area contributed by atoms with Gasteiger partial charge in [0.15, 0.2) is 0 Å². The van der Waals surface area contributed by atoms with Gasteiger partial charge in [-0.1, -0.05) is 30.5 Å². The second-order valence-corrected chi connectivity index (χ2v) is 6.11. The Kier molecular flexibility index (Phi) is 4.29. The van der Waals surface area contributed by atoms with Crippen LogP contribution in [0.4, 0.5) is 5.69 Å². The van der Waals surface area contributed by atoms with Crippen molar-refractivity contribution in [3.05, 3.63) is 28.8 Å². The molecule has 2 fully saturated rings. The van der Waals surface area contributed by atoms with E-state index in [4.69, 9.17) is 16.3 Å². The molecule has 0 amide bonds. The Morgan fingerprint density at radius 1 is 1.24 bits per heavy atom. The van der Waals surface area contributed by atoms with Gasteiger partial charge in [0.1, 0.15) is 0 Å². The van der Waals surface area contributed by atoms with E-state index in [1.165, 1.54) is 0 Å². The Labute approximate surface area is 129 Å². The van der Waals surface area contributed by atoms with Crippen molar-refractivity contribution in [2.24, 2.45) is 4.99 Å². The minimum atomic E-state index is -0.408. The zero-order valence-electron chi connectivity index (χ0n) is 12.0. The van der Waals surface area contributed by atoms with Crippen molar-refractivity contribution in [2.75, 3.05) is 31.2 Å². The number of isocyanates is 1. The van der Waals surface area contributed by atoms with Crippen LogP contribution in [0.3, 0.4) is 0 Å². The molecule has 1 aromatic rings. The van der Waals surface area contributed by atoms with Crippen LogP contribution in [0.25, 0.3) is 0 Å². The summed E-state index contributed by atoms with van der Waals surface area (Å²) in [4.78, 5) is 17.1. The summed E-state index contributed by atoms with van der Waals surface area (Å²) in [7, 11) is 0. The van der Waals surface area contributed by atoms with Crippen LogP contribution in [0.2, 0.25) is 5.02 Å². The van der Waals surface area contributed by atoms with Gasteiger partial charge in [-0.05, 0) is 30.5 Å². The minimum absolute atomic E-state index is 0.408. The van der Waals surface area contributed by atoms with E-state index in [0.717, 1.165) is 68.3 Å². The lowest BCUT2D eigenvalue weighted by atomic mass is 9.89. The third kappa shape index (κ3) is 2.84. The van der Waals surface area contributed by atoms with E-state index in [9.17, 15) is 4.79 Å². The van der Waals surface area contributed by atoms with Crippen molar-refractivity contribution >= 4 is 23.4 Å². The molecule has 0 atom stereocenters. The normalized spacial score (nSPS) is 21.1. The SMILES string of the molecule is O=C=NC1(c2ccc(N3CCOCC3)c(Cl)c2)CCCC1. The largest absolute Gasteiger partial charge is 0.378 e. The highest BCUT2D eigenvalue weighted by Crippen LogP contribution is 2.43. The smallest absolute Gasteiger partial charge is 0.235 e. The summed E-state index contributed by atoms with van der Waals surface area (Å²) in [5.74, 6) is 0. The lowest BCUT2D eigenvalue weighted by Gasteiger charge is -2.31. The zero-order chi connectivity index (χ0) is 14.7. The molecule has 21 heavy (non-hydrogen) atoms. The molecule has 2 aliphatic rings. The first-order valence-electron chi connectivity index (χ1n) is 7.47. The Bertz CT molecular complexity index is 557. The number of ether oxygens (including phenoxy) is 1. The Balaban J connectivity index is 1.91. The molecule has 0 spiro atoms. The molecule has 0 bridgehead atoms. The highest BCUT2D eigenvalue weighted by atomic mass is 35.5. The first-order valence-corrected chi connectivity index (χ1v) is 7.85. The third-order valence-electron chi connectivity index (χ3n) is 4.53. The first-order chi connectivity index (χ1) is 10.2. The van der Waals surface area contributed by atoms with Crippen molar-refractivity contribution in [3.63, 3.8) is 0 Å². The standard InChI is InChI=1S/C16H19ClN2O2/c17-14-11-13(16(18-12-20)5-1-2-6-16)3-4-15(14)19-7-9-21-10-8-19/h3-4,11H,1-2,5-10H2. The van der Waals surface area contributed by atoms with E-state index in [0.29, 0.717) is 0 Å². The first kappa shape index (κ1) is 14.6. The number of benzene rings is 1. The fourth-order valence-electron chi connectivity index (χ4n) is 3.37. The summed E-state index contributed by atoms with van der Waals surface area (Å²) < 4.78 is 5.37. The molecule has 1 saturated heterocycles. The Hall–Kier alpha value is -1.35. The van der Waals surface area contributed by atoms with Crippen LogP contribution >= 0.6 is 11.6 Å². The van der Waals surface area contributed by atoms with Crippen molar-refractivity contribution in [3.8, 4) is 0 Å². The summed E-state index contributed by atoms with van der Waals surface area (Å²) in [6.07, 6.45) is 5.73. The number of hydrogen-bond acceptors (Lipinski definition) is 4. The van der Waals surface area contributed by atoms with Crippen molar-refractivity contribution < 1.29 is 9.53 Å². The molecule has 1 heterocycles. The van der Waals surface area contributed by atoms with Crippen molar-refractivity contribution in [2.45, 2.75) is 31.2 Å². The number of rotatable bonds is 3. The van der Waals surface area contributed by atoms with Crippen molar-refractivity contribution in [1.82, 2.24) is 0 Å². The summed E-state index contributed by atoms with van der Waals surface area (Å²) in [6.45, 7) is 3.18. The summed E-state index contributed by atoms with van der Waals surface area (Å²) >= 11 is 6.48. The minimum Gasteiger partial charge on any atom is -0.378 e. The predicted molar refractivity (Wildman–Crippen MR) is 82.8 cm³/mol. The van der Waals surface area contributed by atoms with Gasteiger partial charge in [0.25, 0.3) is 0 Å². The number of carbonyl (C=O) groups excluding carboxylic acids is 1. The van der Waals surface area contributed by atoms with Crippen LogP contribution in [-0.2, 0) is 15.1 Å². The van der Waals surface area contributed by atoms with Gasteiger partial charge in [-0.25, -0.2) is 4.79 Å². The van der Waals surface area contributed by atoms with Gasteiger partial charge in [0.05, 0.1) is 29.5 Å². The molecule has 4 nitrogen and oxygen atoms in total. The summed E-state index contributed by atoms with van der Waals surface area (Å²) in [5.41, 5.74) is 1.66. The van der Waals surface area contributed by atoms with Crippen LogP contribution < -0.4 is 4.90 Å². The number of halogens is 1. The lowest BCUT2D eigenvalue weighted by Crippen LogP contribution is -2.36. The maximum absolute atomic E-state index is 10.8. The maximum atomic E-state index is 10.8. The molecular formula is C16H19ClN2O2. The average Bonchev–Trinajstić information content (AvgIpc) is 2.98. The van der Waals surface area contributed by atoms with Crippen LogP contribution in [-0.4, -0.2) is 32.4 Å². The molecule has 1 saturated carbocycles. The second-order valence-electron chi connectivity index (χ2n) is 5.71. The number of hydrogen-bond donors (Lipinski definition) is 0. The molecule has 5 heteroatoms. The van der Waals surface area contributed by atoms with E-state index in [2.05, 4.69) is 16.0 Å². The van der Waals surface area contributed by atoms with Gasteiger partial charge in [-0.3, -0.25) is 0 Å². The van der Waals surface area contributed by atoms with Crippen LogP contribution in [0, 0.1) is 0 Å². The molecule has 1 aliphatic carbocycles. The highest BCUT2D eigenvalue weighted by Gasteiger charge is 2.36. The summed E-state index contributed by atoms with van der Waals surface area (Å²) in [6, 6.07) is 6.07. The quantitative estimate of drug-likeness (QED) is 0.636. The molecule has 3 rings (SSSR count). The fourth-order valence-corrected chi connectivity index (χ4v) is 3.67. The number of anilines is 1. The molecular weight excluding hydrogens is 288 g/mol. The second kappa shape index (κ2) is 6.18. The number of nitrogens with zero attached hydrogens (tertiary/aromatic N) is 2. The highest BCUT2D eigenvalue weighted by molar-refractivity contribution is 6.33. The molecule has 0 unspecified atom stereocenters. The predicted octanol–water partition coefficient (Wildman–Crippen LogP) is 3.28. The van der Waals surface area contributed by atoms with Gasteiger partial charge in [-0.2, -0.15) is 4.99 Å². The monoisotopic (exact) mass is 306 g/mol. The molecule has 0 radical (unpaired) electrons. The lowest BCUT2D eigenvalue weighted by molar-refractivity contribution is 0.122. The molecule has 1 aliphatic heterocycles. The van der Waals surface area contributed by atoms with E-state index >= 15 is 0 Å².